The first kappa shape index (κ1) is 20.7. The third-order valence-electron chi connectivity index (χ3n) is 4.29. The lowest BCUT2D eigenvalue weighted by Gasteiger charge is -2.22. The molecule has 1 amide bonds. The summed E-state index contributed by atoms with van der Waals surface area (Å²) in [6.45, 7) is 3.42. The van der Waals surface area contributed by atoms with Gasteiger partial charge >= 0.3 is 0 Å². The van der Waals surface area contributed by atoms with Crippen LogP contribution in [0.3, 0.4) is 0 Å². The molecule has 0 atom stereocenters. The van der Waals surface area contributed by atoms with Crippen LogP contribution in [0.1, 0.15) is 26.5 Å². The van der Waals surface area contributed by atoms with Crippen molar-refractivity contribution >= 4 is 45.9 Å². The Labute approximate surface area is 179 Å². The molecule has 0 saturated heterocycles. The van der Waals surface area contributed by atoms with Crippen molar-refractivity contribution in [3.8, 4) is 0 Å². The Kier molecular flexibility index (Phi) is 7.36. The van der Waals surface area contributed by atoms with Crippen LogP contribution < -0.4 is 9.62 Å². The molecule has 1 heterocycles. The largest absolute Gasteiger partial charge is 0.343 e. The summed E-state index contributed by atoms with van der Waals surface area (Å²) in [5.41, 5.74) is 2.80. The molecular weight excluding hydrogens is 410 g/mol. The summed E-state index contributed by atoms with van der Waals surface area (Å²) in [7, 11) is 0. The summed E-state index contributed by atoms with van der Waals surface area (Å²) in [6.07, 6.45) is 2.63. The zero-order valence-electron chi connectivity index (χ0n) is 15.8. The molecule has 0 aliphatic rings. The topological polar surface area (TPSA) is 45.2 Å². The highest BCUT2D eigenvalue weighted by atomic mass is 35.5. The van der Waals surface area contributed by atoms with E-state index in [0.717, 1.165) is 40.1 Å². The van der Waals surface area contributed by atoms with E-state index >= 15 is 0 Å². The van der Waals surface area contributed by atoms with Crippen LogP contribution in [-0.2, 0) is 13.0 Å². The number of halogens is 1. The minimum Gasteiger partial charge on any atom is -0.343 e. The van der Waals surface area contributed by atoms with Gasteiger partial charge in [0.2, 0.25) is 0 Å². The van der Waals surface area contributed by atoms with Crippen LogP contribution in [0.25, 0.3) is 0 Å². The van der Waals surface area contributed by atoms with E-state index in [9.17, 15) is 4.79 Å². The highest BCUT2D eigenvalue weighted by Crippen LogP contribution is 2.28. The molecule has 146 valence electrons. The number of rotatable bonds is 8. The number of aryl methyl sites for hydroxylation is 1. The molecule has 0 fully saturated rings. The second-order valence-corrected chi connectivity index (χ2v) is 8.49. The molecular formula is C21H22ClN3OS2. The van der Waals surface area contributed by atoms with Crippen molar-refractivity contribution in [1.29, 1.82) is 0 Å². The number of hydrogen-bond donors (Lipinski definition) is 1. The van der Waals surface area contributed by atoms with Crippen LogP contribution in [0.2, 0.25) is 5.02 Å². The molecule has 4 nitrogen and oxygen atoms in total. The van der Waals surface area contributed by atoms with Gasteiger partial charge in [0.25, 0.3) is 5.91 Å². The van der Waals surface area contributed by atoms with Crippen molar-refractivity contribution in [2.24, 2.45) is 0 Å². The zero-order valence-corrected chi connectivity index (χ0v) is 18.2. The Balaban J connectivity index is 1.84. The van der Waals surface area contributed by atoms with Crippen LogP contribution in [0.4, 0.5) is 5.13 Å². The fourth-order valence-corrected chi connectivity index (χ4v) is 4.32. The van der Waals surface area contributed by atoms with E-state index < -0.39 is 0 Å². The van der Waals surface area contributed by atoms with Gasteiger partial charge in [0.05, 0.1) is 0 Å². The average Bonchev–Trinajstić information content (AvgIpc) is 3.09. The van der Waals surface area contributed by atoms with Gasteiger partial charge in [0, 0.05) is 29.2 Å². The Morgan fingerprint density at radius 3 is 2.61 bits per heavy atom. The van der Waals surface area contributed by atoms with Gasteiger partial charge in [-0.25, -0.2) is 4.98 Å². The van der Waals surface area contributed by atoms with Gasteiger partial charge in [-0.05, 0) is 30.5 Å². The predicted molar refractivity (Wildman–Crippen MR) is 120 cm³/mol. The first-order valence-corrected chi connectivity index (χ1v) is 11.3. The molecule has 0 unspecified atom stereocenters. The maximum atomic E-state index is 12.3. The number of carbonyl (C=O) groups excluding carboxylic acids is 1. The van der Waals surface area contributed by atoms with Gasteiger partial charge in [0.1, 0.15) is 5.69 Å². The van der Waals surface area contributed by atoms with Crippen molar-refractivity contribution in [1.82, 2.24) is 9.71 Å². The molecule has 28 heavy (non-hydrogen) atoms. The van der Waals surface area contributed by atoms with Gasteiger partial charge in [-0.3, -0.25) is 9.52 Å². The molecule has 7 heteroatoms. The summed E-state index contributed by atoms with van der Waals surface area (Å²) in [5, 5.41) is 1.62. The van der Waals surface area contributed by atoms with Crippen LogP contribution in [0.5, 0.6) is 0 Å². The lowest BCUT2D eigenvalue weighted by Crippen LogP contribution is -2.25. The Morgan fingerprint density at radius 1 is 1.18 bits per heavy atom. The first-order chi connectivity index (χ1) is 13.6. The highest BCUT2D eigenvalue weighted by Gasteiger charge is 2.19. The summed E-state index contributed by atoms with van der Waals surface area (Å²) in [4.78, 5) is 20.0. The maximum Gasteiger partial charge on any atom is 0.280 e. The number of nitrogens with one attached hydrogen (secondary N) is 1. The normalized spacial score (nSPS) is 10.7. The van der Waals surface area contributed by atoms with E-state index in [2.05, 4.69) is 26.7 Å². The molecule has 0 radical (unpaired) electrons. The fourth-order valence-electron chi connectivity index (χ4n) is 2.87. The van der Waals surface area contributed by atoms with E-state index in [1.165, 1.54) is 17.5 Å². The second-order valence-electron chi connectivity index (χ2n) is 6.29. The van der Waals surface area contributed by atoms with Gasteiger partial charge in [-0.1, -0.05) is 72.1 Å². The molecule has 3 rings (SSSR count). The first-order valence-electron chi connectivity index (χ1n) is 8.91. The van der Waals surface area contributed by atoms with Gasteiger partial charge < -0.3 is 4.90 Å². The van der Waals surface area contributed by atoms with Crippen molar-refractivity contribution in [2.45, 2.75) is 19.9 Å². The molecule has 1 aromatic heterocycles. The number of benzene rings is 2. The van der Waals surface area contributed by atoms with Gasteiger partial charge in [0.15, 0.2) is 5.13 Å². The maximum absolute atomic E-state index is 12.3. The Morgan fingerprint density at radius 2 is 1.89 bits per heavy atom. The monoisotopic (exact) mass is 431 g/mol. The summed E-state index contributed by atoms with van der Waals surface area (Å²) in [5.74, 6) is -0.154. The van der Waals surface area contributed by atoms with E-state index in [4.69, 9.17) is 11.6 Å². The molecule has 1 N–H and O–H groups in total. The summed E-state index contributed by atoms with van der Waals surface area (Å²) >= 11 is 9.16. The Hall–Kier alpha value is -2.02. The second kappa shape index (κ2) is 9.96. The fraction of sp³-hybridized carbons (Fsp3) is 0.238. The SMILES string of the molecule is CSNC(=O)c1nc(N(CCc2ccccc2Cl)Cc2ccccc2)sc1C. The number of thiazole rings is 1. The minimum absolute atomic E-state index is 0.154. The van der Waals surface area contributed by atoms with Crippen molar-refractivity contribution in [3.63, 3.8) is 0 Å². The molecule has 0 aliphatic carbocycles. The number of anilines is 1. The van der Waals surface area contributed by atoms with Crippen molar-refractivity contribution in [3.05, 3.63) is 81.3 Å². The van der Waals surface area contributed by atoms with E-state index in [1.807, 2.05) is 55.6 Å². The number of amides is 1. The van der Waals surface area contributed by atoms with E-state index in [-0.39, 0.29) is 5.91 Å². The third kappa shape index (κ3) is 5.28. The smallest absolute Gasteiger partial charge is 0.280 e. The highest BCUT2D eigenvalue weighted by molar-refractivity contribution is 7.97. The minimum atomic E-state index is -0.154. The zero-order chi connectivity index (χ0) is 19.9. The number of aromatic nitrogens is 1. The van der Waals surface area contributed by atoms with E-state index in [0.29, 0.717) is 5.69 Å². The quantitative estimate of drug-likeness (QED) is 0.487. The predicted octanol–water partition coefficient (Wildman–Crippen LogP) is 5.36. The lowest BCUT2D eigenvalue weighted by atomic mass is 10.1. The number of carbonyl (C=O) groups is 1. The summed E-state index contributed by atoms with van der Waals surface area (Å²) in [6, 6.07) is 18.2. The average molecular weight is 432 g/mol. The lowest BCUT2D eigenvalue weighted by molar-refractivity contribution is 0.0980. The molecule has 0 aliphatic heterocycles. The van der Waals surface area contributed by atoms with Crippen LogP contribution in [-0.4, -0.2) is 23.7 Å². The van der Waals surface area contributed by atoms with Crippen molar-refractivity contribution < 1.29 is 4.79 Å². The standard InChI is InChI=1S/C21H22ClN3OS2/c1-15-19(20(26)24-27-2)23-21(28-15)25(14-16-8-4-3-5-9-16)13-12-17-10-6-7-11-18(17)22/h3-11H,12-14H2,1-2H3,(H,24,26). The Bertz CT molecular complexity index is 930. The molecule has 0 saturated carbocycles. The van der Waals surface area contributed by atoms with Crippen LogP contribution >= 0.6 is 34.9 Å². The number of hydrogen-bond acceptors (Lipinski definition) is 5. The summed E-state index contributed by atoms with van der Waals surface area (Å²) < 4.78 is 2.76. The molecule has 0 spiro atoms. The van der Waals surface area contributed by atoms with Gasteiger partial charge in [-0.2, -0.15) is 0 Å². The van der Waals surface area contributed by atoms with Crippen molar-refractivity contribution in [2.75, 3.05) is 17.7 Å². The molecule has 0 bridgehead atoms. The molecule has 3 aromatic rings. The van der Waals surface area contributed by atoms with Gasteiger partial charge in [-0.15, -0.1) is 11.3 Å². The third-order valence-corrected chi connectivity index (χ3v) is 6.08. The van der Waals surface area contributed by atoms with Crippen LogP contribution in [0.15, 0.2) is 54.6 Å². The van der Waals surface area contributed by atoms with E-state index in [1.54, 1.807) is 11.3 Å². The molecule has 2 aromatic carbocycles. The van der Waals surface area contributed by atoms with Crippen LogP contribution in [0, 0.1) is 6.92 Å². The number of nitrogens with zero attached hydrogens (tertiary/aromatic N) is 2.